The first-order chi connectivity index (χ1) is 16.7. The molecule has 0 N–H and O–H groups in total. The van der Waals surface area contributed by atoms with Crippen LogP contribution in [0.4, 0.5) is 0 Å². The van der Waals surface area contributed by atoms with Crippen molar-refractivity contribution < 1.29 is 26.2 Å². The van der Waals surface area contributed by atoms with E-state index in [2.05, 4.69) is 114 Å². The summed E-state index contributed by atoms with van der Waals surface area (Å²) in [6.45, 7) is 37.6. The SMILES string of the molecule is CC[Si](CC)(C1=C(C)C(C)=[C]([Sc]([CH2][Si](C)(C)C)[CH2][Si](C)(C)C)C1C)c1cc(C)cc(C(C)(C)C)c1OC. The first-order valence-electron chi connectivity index (χ1n) is 14.9. The topological polar surface area (TPSA) is 9.23 Å². The zero-order valence-corrected chi connectivity index (χ0v) is 32.3. The predicted molar refractivity (Wildman–Crippen MR) is 174 cm³/mol. The standard InChI is InChI=1S/C24H37OSi.2C4H11Si.Sc/c1-11-26(12-2,23-18(5)15-17(4)19(23)6)21-14-16(3)13-20(22(21)25-10)24(7,8)9;2*1-5(2,3)4;/h13-14,18H,11-12H2,1-10H3;2*1H2,2-4H3;. The van der Waals surface area contributed by atoms with Gasteiger partial charge >= 0.3 is 244 Å². The van der Waals surface area contributed by atoms with Crippen LogP contribution in [0.3, 0.4) is 0 Å². The van der Waals surface area contributed by atoms with Gasteiger partial charge in [0.25, 0.3) is 0 Å². The number of aryl methyl sites for hydroxylation is 1. The fourth-order valence-corrected chi connectivity index (χ4v) is 37.7. The number of hydrogen-bond acceptors (Lipinski definition) is 1. The van der Waals surface area contributed by atoms with Crippen molar-refractivity contribution >= 4 is 29.4 Å². The van der Waals surface area contributed by atoms with Crippen molar-refractivity contribution in [3.63, 3.8) is 0 Å². The summed E-state index contributed by atoms with van der Waals surface area (Å²) >= 11 is -1.65. The first-order valence-corrected chi connectivity index (χ1v) is 28.1. The average molecular weight is 589 g/mol. The fraction of sp³-hybridized carbons (Fsp3) is 0.688. The Morgan fingerprint density at radius 3 is 1.70 bits per heavy atom. The van der Waals surface area contributed by atoms with Crippen LogP contribution < -0.4 is 9.92 Å². The molecule has 2 rings (SSSR count). The molecule has 0 radical (unpaired) electrons. The van der Waals surface area contributed by atoms with Gasteiger partial charge in [-0.05, 0) is 0 Å². The predicted octanol–water partition coefficient (Wildman–Crippen LogP) is 9.99. The van der Waals surface area contributed by atoms with Gasteiger partial charge in [-0.15, -0.1) is 0 Å². The quantitative estimate of drug-likeness (QED) is 0.247. The summed E-state index contributed by atoms with van der Waals surface area (Å²) in [4.78, 5) is 0. The van der Waals surface area contributed by atoms with Crippen LogP contribution in [0.1, 0.15) is 66.5 Å². The third kappa shape index (κ3) is 7.21. The van der Waals surface area contributed by atoms with Crippen LogP contribution in [0.2, 0.25) is 59.0 Å². The van der Waals surface area contributed by atoms with Gasteiger partial charge in [-0.25, -0.2) is 0 Å². The second-order valence-electron chi connectivity index (χ2n) is 15.5. The molecule has 37 heavy (non-hydrogen) atoms. The van der Waals surface area contributed by atoms with Gasteiger partial charge in [0.1, 0.15) is 0 Å². The molecule has 1 aliphatic carbocycles. The van der Waals surface area contributed by atoms with Gasteiger partial charge in [-0.2, -0.15) is 0 Å². The second-order valence-corrected chi connectivity index (χ2v) is 38.2. The van der Waals surface area contributed by atoms with Crippen molar-refractivity contribution in [1.82, 2.24) is 0 Å². The molecule has 1 aromatic carbocycles. The van der Waals surface area contributed by atoms with Crippen LogP contribution in [0.5, 0.6) is 5.75 Å². The van der Waals surface area contributed by atoms with Gasteiger partial charge in [0.15, 0.2) is 0 Å². The zero-order chi connectivity index (χ0) is 28.7. The van der Waals surface area contributed by atoms with Gasteiger partial charge in [-0.3, -0.25) is 0 Å². The molecule has 0 saturated carbocycles. The Labute approximate surface area is 242 Å². The number of rotatable bonds is 10. The number of allylic oxidation sites excluding steroid dienone is 4. The van der Waals surface area contributed by atoms with Crippen LogP contribution in [0.15, 0.2) is 31.8 Å². The Morgan fingerprint density at radius 1 is 0.838 bits per heavy atom. The average Bonchev–Trinajstić information content (AvgIpc) is 2.95. The molecule has 0 amide bonds. The normalized spacial score (nSPS) is 17.7. The minimum absolute atomic E-state index is 0.0624. The van der Waals surface area contributed by atoms with Crippen LogP contribution in [0, 0.1) is 12.8 Å². The molecule has 0 heterocycles. The molecule has 1 nitrogen and oxygen atoms in total. The third-order valence-corrected chi connectivity index (χ3v) is 37.0. The molecule has 0 aliphatic heterocycles. The fourth-order valence-electron chi connectivity index (χ4n) is 7.49. The van der Waals surface area contributed by atoms with E-state index in [1.807, 2.05) is 15.6 Å². The summed E-state index contributed by atoms with van der Waals surface area (Å²) in [5, 5.41) is 3.43. The monoisotopic (exact) mass is 588 g/mol. The second kappa shape index (κ2) is 11.9. The molecule has 0 fully saturated rings. The first kappa shape index (κ1) is 33.2. The zero-order valence-electron chi connectivity index (χ0n) is 27.5. The van der Waals surface area contributed by atoms with E-state index in [1.54, 1.807) is 23.9 Å². The van der Waals surface area contributed by atoms with E-state index in [1.165, 1.54) is 29.0 Å². The van der Waals surface area contributed by atoms with E-state index in [-0.39, 0.29) is 5.41 Å². The Balaban J connectivity index is 2.81. The van der Waals surface area contributed by atoms with Gasteiger partial charge < -0.3 is 0 Å². The molecule has 0 spiro atoms. The van der Waals surface area contributed by atoms with Gasteiger partial charge in [-0.1, -0.05) is 0 Å². The van der Waals surface area contributed by atoms with E-state index in [0.29, 0.717) is 5.92 Å². The van der Waals surface area contributed by atoms with E-state index >= 15 is 0 Å². The van der Waals surface area contributed by atoms with Gasteiger partial charge in [0.05, 0.1) is 0 Å². The summed E-state index contributed by atoms with van der Waals surface area (Å²) in [6, 6.07) is 7.42. The maximum atomic E-state index is 6.35. The molecule has 1 unspecified atom stereocenters. The van der Waals surface area contributed by atoms with Gasteiger partial charge in [0.2, 0.25) is 0 Å². The Bertz CT molecular complexity index is 1030. The Morgan fingerprint density at radius 2 is 1.32 bits per heavy atom. The number of benzene rings is 1. The molecule has 1 aromatic rings. The third-order valence-electron chi connectivity index (χ3n) is 8.94. The molecular formula is C32H59OScSi3. The number of methoxy groups -OCH3 is 1. The van der Waals surface area contributed by atoms with E-state index < -0.39 is 45.7 Å². The molecular weight excluding hydrogens is 530 g/mol. The molecule has 0 saturated heterocycles. The van der Waals surface area contributed by atoms with Crippen molar-refractivity contribution in [1.29, 1.82) is 0 Å². The van der Waals surface area contributed by atoms with Crippen molar-refractivity contribution in [3.05, 3.63) is 42.9 Å². The summed E-state index contributed by atoms with van der Waals surface area (Å²) in [5.74, 6) is 1.82. The van der Waals surface area contributed by atoms with Gasteiger partial charge in [0, 0.05) is 0 Å². The molecule has 0 bridgehead atoms. The van der Waals surface area contributed by atoms with E-state index in [0.717, 1.165) is 0 Å². The summed E-state index contributed by atoms with van der Waals surface area (Å²) in [6.07, 6.45) is 0. The van der Waals surface area contributed by atoms with Crippen LogP contribution in [-0.4, -0.2) is 31.3 Å². The Hall–Kier alpha value is 0.0208. The molecule has 5 heteroatoms. The van der Waals surface area contributed by atoms with Crippen molar-refractivity contribution in [3.8, 4) is 5.75 Å². The van der Waals surface area contributed by atoms with Crippen LogP contribution in [0.25, 0.3) is 0 Å². The molecule has 1 aliphatic rings. The summed E-state index contributed by atoms with van der Waals surface area (Å²) < 4.78 is 11.6. The Kier molecular flexibility index (Phi) is 10.7. The molecule has 208 valence electrons. The van der Waals surface area contributed by atoms with Crippen LogP contribution in [-0.2, 0) is 26.9 Å². The van der Waals surface area contributed by atoms with E-state index in [4.69, 9.17) is 4.74 Å². The summed E-state index contributed by atoms with van der Waals surface area (Å²) in [5.41, 5.74) is 6.21. The summed E-state index contributed by atoms with van der Waals surface area (Å²) in [7, 11) is -2.34. The molecule has 1 atom stereocenters. The van der Waals surface area contributed by atoms with Crippen molar-refractivity contribution in [2.24, 2.45) is 5.92 Å². The molecule has 0 aromatic heterocycles. The minimum atomic E-state index is -2.00. The number of hydrogen-bond donors (Lipinski definition) is 0. The van der Waals surface area contributed by atoms with Crippen molar-refractivity contribution in [2.75, 3.05) is 7.11 Å². The maximum absolute atomic E-state index is 6.35. The van der Waals surface area contributed by atoms with Crippen molar-refractivity contribution in [2.45, 2.75) is 127 Å². The van der Waals surface area contributed by atoms with Crippen LogP contribution >= 0.6 is 0 Å². The number of ether oxygens (including phenoxy) is 1. The van der Waals surface area contributed by atoms with E-state index in [9.17, 15) is 0 Å².